The van der Waals surface area contributed by atoms with Crippen LogP contribution in [0, 0.1) is 0 Å². The van der Waals surface area contributed by atoms with Crippen LogP contribution < -0.4 is 4.74 Å². The topological polar surface area (TPSA) is 81.1 Å². The van der Waals surface area contributed by atoms with Gasteiger partial charge in [-0.05, 0) is 34.4 Å². The average Bonchev–Trinajstić information content (AvgIpc) is 3.20. The molecule has 2 aliphatic heterocycles. The van der Waals surface area contributed by atoms with Gasteiger partial charge in [-0.25, -0.2) is 4.79 Å². The molecule has 0 spiro atoms. The zero-order valence-electron chi connectivity index (χ0n) is 19.6. The summed E-state index contributed by atoms with van der Waals surface area (Å²) in [6, 6.07) is 19.5. The van der Waals surface area contributed by atoms with Crippen LogP contribution in [-0.2, 0) is 15.1 Å². The highest BCUT2D eigenvalue weighted by Crippen LogP contribution is 2.46. The Labute approximate surface area is 204 Å². The van der Waals surface area contributed by atoms with Crippen LogP contribution in [0.4, 0.5) is 4.79 Å². The minimum absolute atomic E-state index is 0.00180. The molecule has 3 aliphatic rings. The molecule has 2 aromatic carbocycles. The molecular weight excluding hydrogens is 444 g/mol. The van der Waals surface area contributed by atoms with Gasteiger partial charge in [0.15, 0.2) is 0 Å². The number of aromatic nitrogens is 1. The predicted octanol–water partition coefficient (Wildman–Crippen LogP) is 4.09. The number of morpholine rings is 1. The van der Waals surface area contributed by atoms with Crippen LogP contribution in [0.25, 0.3) is 11.1 Å². The number of methoxy groups -OCH3 is 1. The normalized spacial score (nSPS) is 25.0. The molecular formula is C28H28N2O5. The Kier molecular flexibility index (Phi) is 5.46. The van der Waals surface area contributed by atoms with E-state index >= 15 is 0 Å². The van der Waals surface area contributed by atoms with E-state index in [9.17, 15) is 9.90 Å². The molecule has 1 N–H and O–H groups in total. The lowest BCUT2D eigenvalue weighted by atomic mass is 9.78. The van der Waals surface area contributed by atoms with Crippen molar-refractivity contribution in [1.82, 2.24) is 9.88 Å². The SMILES string of the molecule is COc1cccnc1C1(O)CC2COCC(C1)N2C(=O)OCC1c2ccccc2-c2ccccc21. The largest absolute Gasteiger partial charge is 0.495 e. The summed E-state index contributed by atoms with van der Waals surface area (Å²) in [5.41, 5.74) is 4.06. The number of carbonyl (C=O) groups is 1. The first-order valence-electron chi connectivity index (χ1n) is 12.0. The first kappa shape index (κ1) is 22.1. The number of fused-ring (bicyclic) bond motifs is 5. The lowest BCUT2D eigenvalue weighted by Crippen LogP contribution is -2.62. The summed E-state index contributed by atoms with van der Waals surface area (Å²) in [7, 11) is 1.57. The molecule has 1 aliphatic carbocycles. The molecule has 1 amide bonds. The summed E-state index contributed by atoms with van der Waals surface area (Å²) in [6.45, 7) is 0.957. The van der Waals surface area contributed by atoms with Gasteiger partial charge in [-0.15, -0.1) is 0 Å². The van der Waals surface area contributed by atoms with Crippen molar-refractivity contribution < 1.29 is 24.1 Å². The van der Waals surface area contributed by atoms with Gasteiger partial charge in [-0.2, -0.15) is 0 Å². The van der Waals surface area contributed by atoms with E-state index in [1.165, 1.54) is 22.3 Å². The Morgan fingerprint density at radius 2 is 1.66 bits per heavy atom. The lowest BCUT2D eigenvalue weighted by molar-refractivity contribution is -0.138. The van der Waals surface area contributed by atoms with E-state index in [0.29, 0.717) is 37.5 Å². The van der Waals surface area contributed by atoms with Gasteiger partial charge in [0.1, 0.15) is 23.7 Å². The quantitative estimate of drug-likeness (QED) is 0.616. The summed E-state index contributed by atoms with van der Waals surface area (Å²) in [5.74, 6) is 0.547. The minimum Gasteiger partial charge on any atom is -0.495 e. The number of aliphatic hydroxyl groups is 1. The van der Waals surface area contributed by atoms with E-state index < -0.39 is 5.60 Å². The maximum atomic E-state index is 13.4. The van der Waals surface area contributed by atoms with Crippen molar-refractivity contribution in [3.8, 4) is 16.9 Å². The Balaban J connectivity index is 1.21. The van der Waals surface area contributed by atoms with E-state index in [0.717, 1.165) is 0 Å². The van der Waals surface area contributed by atoms with Crippen LogP contribution in [0.15, 0.2) is 66.9 Å². The van der Waals surface area contributed by atoms with E-state index in [-0.39, 0.29) is 30.7 Å². The standard InChI is InChI=1S/C28H28N2O5/c1-33-25-11-6-12-29-26(25)28(32)13-18-15-34-16-19(14-28)30(18)27(31)35-17-24-22-9-4-2-7-20(22)21-8-3-5-10-23(21)24/h2-12,18-19,24,32H,13-17H2,1H3. The zero-order valence-corrected chi connectivity index (χ0v) is 19.6. The fourth-order valence-corrected chi connectivity index (χ4v) is 6.04. The molecule has 0 saturated carbocycles. The maximum Gasteiger partial charge on any atom is 0.410 e. The van der Waals surface area contributed by atoms with E-state index in [4.69, 9.17) is 14.2 Å². The number of amides is 1. The fraction of sp³-hybridized carbons (Fsp3) is 0.357. The first-order valence-corrected chi connectivity index (χ1v) is 12.0. The monoisotopic (exact) mass is 472 g/mol. The van der Waals surface area contributed by atoms with Crippen LogP contribution in [0.2, 0.25) is 0 Å². The second kappa shape index (κ2) is 8.66. The molecule has 0 radical (unpaired) electrons. The number of rotatable bonds is 4. The number of pyridine rings is 1. The minimum atomic E-state index is -1.20. The molecule has 180 valence electrons. The Morgan fingerprint density at radius 1 is 1.03 bits per heavy atom. The highest BCUT2D eigenvalue weighted by molar-refractivity contribution is 5.79. The van der Waals surface area contributed by atoms with Gasteiger partial charge in [0.25, 0.3) is 0 Å². The van der Waals surface area contributed by atoms with Crippen LogP contribution in [0.5, 0.6) is 5.75 Å². The third kappa shape index (κ3) is 3.66. The van der Waals surface area contributed by atoms with Gasteiger partial charge < -0.3 is 19.3 Å². The van der Waals surface area contributed by atoms with E-state index in [1.54, 1.807) is 30.3 Å². The fourth-order valence-electron chi connectivity index (χ4n) is 6.04. The zero-order chi connectivity index (χ0) is 24.0. The molecule has 7 heteroatoms. The summed E-state index contributed by atoms with van der Waals surface area (Å²) in [4.78, 5) is 19.6. The summed E-state index contributed by atoms with van der Waals surface area (Å²) in [5, 5.41) is 11.6. The highest BCUT2D eigenvalue weighted by atomic mass is 16.6. The van der Waals surface area contributed by atoms with Crippen molar-refractivity contribution in [3.63, 3.8) is 0 Å². The Morgan fingerprint density at radius 3 is 2.29 bits per heavy atom. The number of benzene rings is 2. The van der Waals surface area contributed by atoms with Gasteiger partial charge in [0.05, 0.1) is 32.4 Å². The number of hydrogen-bond acceptors (Lipinski definition) is 6. The third-order valence-corrected chi connectivity index (χ3v) is 7.53. The van der Waals surface area contributed by atoms with E-state index in [2.05, 4.69) is 29.2 Å². The lowest BCUT2D eigenvalue weighted by Gasteiger charge is -2.50. The molecule has 3 aromatic rings. The van der Waals surface area contributed by atoms with Crippen LogP contribution in [0.3, 0.4) is 0 Å². The number of nitrogens with zero attached hydrogens (tertiary/aromatic N) is 2. The van der Waals surface area contributed by atoms with Crippen molar-refractivity contribution in [3.05, 3.63) is 83.7 Å². The van der Waals surface area contributed by atoms with Crippen molar-refractivity contribution in [1.29, 1.82) is 0 Å². The van der Waals surface area contributed by atoms with Crippen LogP contribution >= 0.6 is 0 Å². The van der Waals surface area contributed by atoms with Crippen molar-refractivity contribution in [2.75, 3.05) is 26.9 Å². The van der Waals surface area contributed by atoms with Crippen molar-refractivity contribution >= 4 is 6.09 Å². The Bertz CT molecular complexity index is 1200. The molecule has 35 heavy (non-hydrogen) atoms. The smallest absolute Gasteiger partial charge is 0.410 e. The predicted molar refractivity (Wildman–Crippen MR) is 129 cm³/mol. The second-order valence-corrected chi connectivity index (χ2v) is 9.55. The molecule has 3 heterocycles. The molecule has 6 rings (SSSR count). The highest BCUT2D eigenvalue weighted by Gasteiger charge is 2.51. The van der Waals surface area contributed by atoms with Crippen molar-refractivity contribution in [2.45, 2.75) is 36.4 Å². The molecule has 2 atom stereocenters. The van der Waals surface area contributed by atoms with Crippen molar-refractivity contribution in [2.24, 2.45) is 0 Å². The van der Waals surface area contributed by atoms with Gasteiger partial charge in [-0.1, -0.05) is 48.5 Å². The summed E-state index contributed by atoms with van der Waals surface area (Å²) in [6.07, 6.45) is 1.91. The molecule has 7 nitrogen and oxygen atoms in total. The van der Waals surface area contributed by atoms with Gasteiger partial charge >= 0.3 is 6.09 Å². The maximum absolute atomic E-state index is 13.4. The van der Waals surface area contributed by atoms with Crippen LogP contribution in [0.1, 0.15) is 35.6 Å². The number of hydrogen-bond donors (Lipinski definition) is 1. The van der Waals surface area contributed by atoms with Gasteiger partial charge in [-0.3, -0.25) is 9.88 Å². The molecule has 1 aromatic heterocycles. The van der Waals surface area contributed by atoms with E-state index in [1.807, 2.05) is 24.3 Å². The second-order valence-electron chi connectivity index (χ2n) is 9.55. The summed E-state index contributed by atoms with van der Waals surface area (Å²) >= 11 is 0. The number of carbonyl (C=O) groups excluding carboxylic acids is 1. The first-order chi connectivity index (χ1) is 17.1. The van der Waals surface area contributed by atoms with Crippen LogP contribution in [-0.4, -0.2) is 60.1 Å². The number of piperidine rings is 1. The average molecular weight is 473 g/mol. The molecule has 2 unspecified atom stereocenters. The molecule has 2 fully saturated rings. The van der Waals surface area contributed by atoms with Gasteiger partial charge in [0.2, 0.25) is 0 Å². The van der Waals surface area contributed by atoms with Gasteiger partial charge in [0, 0.05) is 25.0 Å². The third-order valence-electron chi connectivity index (χ3n) is 7.53. The number of ether oxygens (including phenoxy) is 3. The molecule has 2 saturated heterocycles. The Hall–Kier alpha value is -3.42. The summed E-state index contributed by atoms with van der Waals surface area (Å²) < 4.78 is 17.2. The molecule has 2 bridgehead atoms.